The summed E-state index contributed by atoms with van der Waals surface area (Å²) in [5.41, 5.74) is 6.50. The highest BCUT2D eigenvalue weighted by atomic mass is 79.9. The number of likely N-dealkylation sites (N-methyl/N-ethyl adjacent to an activating group) is 1. The molecule has 2 N–H and O–H groups in total. The molecule has 0 aliphatic heterocycles. The van der Waals surface area contributed by atoms with Gasteiger partial charge in [0.25, 0.3) is 0 Å². The van der Waals surface area contributed by atoms with Crippen LogP contribution in [0.4, 0.5) is 0 Å². The third-order valence-electron chi connectivity index (χ3n) is 2.74. The van der Waals surface area contributed by atoms with Crippen LogP contribution in [0.15, 0.2) is 28.7 Å². The molecule has 1 atom stereocenters. The van der Waals surface area contributed by atoms with Crippen LogP contribution in [0.3, 0.4) is 0 Å². The molecule has 0 unspecified atom stereocenters. The zero-order valence-electron chi connectivity index (χ0n) is 9.61. The van der Waals surface area contributed by atoms with E-state index in [0.29, 0.717) is 0 Å². The van der Waals surface area contributed by atoms with Crippen LogP contribution in [0.25, 0.3) is 0 Å². The van der Waals surface area contributed by atoms with E-state index in [4.69, 9.17) is 5.73 Å². The van der Waals surface area contributed by atoms with Crippen molar-refractivity contribution in [1.29, 1.82) is 0 Å². The number of carbonyl (C=O) groups excluding carboxylic acids is 1. The fourth-order valence-electron chi connectivity index (χ4n) is 1.37. The van der Waals surface area contributed by atoms with Crippen molar-refractivity contribution < 1.29 is 4.79 Å². The standard InChI is InChI=1S/C12H17BrN2O/c1-9(12(14)16)15(2)8-7-10-3-5-11(13)6-4-10/h3-6,9H,7-8H2,1-2H3,(H2,14,16)/t9-/m1/s1. The Morgan fingerprint density at radius 2 is 2.00 bits per heavy atom. The maximum absolute atomic E-state index is 11.0. The van der Waals surface area contributed by atoms with E-state index in [-0.39, 0.29) is 11.9 Å². The van der Waals surface area contributed by atoms with Gasteiger partial charge in [0.05, 0.1) is 6.04 Å². The molecule has 0 radical (unpaired) electrons. The summed E-state index contributed by atoms with van der Waals surface area (Å²) in [4.78, 5) is 12.9. The highest BCUT2D eigenvalue weighted by molar-refractivity contribution is 9.10. The summed E-state index contributed by atoms with van der Waals surface area (Å²) < 4.78 is 1.08. The van der Waals surface area contributed by atoms with Gasteiger partial charge in [-0.3, -0.25) is 9.69 Å². The van der Waals surface area contributed by atoms with Crippen molar-refractivity contribution in [3.63, 3.8) is 0 Å². The minimum atomic E-state index is -0.279. The molecule has 0 aliphatic rings. The van der Waals surface area contributed by atoms with Crippen LogP contribution in [0.2, 0.25) is 0 Å². The van der Waals surface area contributed by atoms with E-state index >= 15 is 0 Å². The van der Waals surface area contributed by atoms with Crippen LogP contribution in [0, 0.1) is 0 Å². The molecule has 1 amide bonds. The summed E-state index contributed by atoms with van der Waals surface area (Å²) in [7, 11) is 1.91. The van der Waals surface area contributed by atoms with Gasteiger partial charge in [-0.15, -0.1) is 0 Å². The van der Waals surface area contributed by atoms with E-state index in [1.54, 1.807) is 0 Å². The van der Waals surface area contributed by atoms with Crippen molar-refractivity contribution in [3.8, 4) is 0 Å². The first-order chi connectivity index (χ1) is 7.50. The lowest BCUT2D eigenvalue weighted by Gasteiger charge is -2.21. The van der Waals surface area contributed by atoms with Crippen LogP contribution in [0.1, 0.15) is 12.5 Å². The molecule has 0 heterocycles. The molecule has 4 heteroatoms. The molecule has 0 saturated carbocycles. The van der Waals surface area contributed by atoms with Gasteiger partial charge in [-0.1, -0.05) is 28.1 Å². The van der Waals surface area contributed by atoms with Crippen LogP contribution in [-0.4, -0.2) is 30.4 Å². The summed E-state index contributed by atoms with van der Waals surface area (Å²) in [5, 5.41) is 0. The molecule has 3 nitrogen and oxygen atoms in total. The smallest absolute Gasteiger partial charge is 0.234 e. The molecule has 0 bridgehead atoms. The monoisotopic (exact) mass is 284 g/mol. The zero-order chi connectivity index (χ0) is 12.1. The van der Waals surface area contributed by atoms with Gasteiger partial charge in [0.2, 0.25) is 5.91 Å². The number of benzene rings is 1. The Bertz CT molecular complexity index is 351. The van der Waals surface area contributed by atoms with Crippen molar-refractivity contribution in [3.05, 3.63) is 34.3 Å². The number of amides is 1. The van der Waals surface area contributed by atoms with Crippen molar-refractivity contribution in [2.75, 3.05) is 13.6 Å². The van der Waals surface area contributed by atoms with E-state index < -0.39 is 0 Å². The topological polar surface area (TPSA) is 46.3 Å². The number of hydrogen-bond donors (Lipinski definition) is 1. The molecular weight excluding hydrogens is 268 g/mol. The van der Waals surface area contributed by atoms with Crippen LogP contribution in [-0.2, 0) is 11.2 Å². The molecule has 0 fully saturated rings. The fourth-order valence-corrected chi connectivity index (χ4v) is 1.63. The van der Waals surface area contributed by atoms with Crippen LogP contribution in [0.5, 0.6) is 0 Å². The second-order valence-corrected chi connectivity index (χ2v) is 4.85. The minimum Gasteiger partial charge on any atom is -0.368 e. The quantitative estimate of drug-likeness (QED) is 0.896. The Morgan fingerprint density at radius 1 is 1.44 bits per heavy atom. The van der Waals surface area contributed by atoms with Gasteiger partial charge in [-0.25, -0.2) is 0 Å². The van der Waals surface area contributed by atoms with E-state index in [2.05, 4.69) is 28.1 Å². The van der Waals surface area contributed by atoms with Crippen LogP contribution < -0.4 is 5.73 Å². The molecule has 1 aromatic rings. The number of halogens is 1. The predicted octanol–water partition coefficient (Wildman–Crippen LogP) is 1.80. The summed E-state index contributed by atoms with van der Waals surface area (Å²) in [6.45, 7) is 2.65. The summed E-state index contributed by atoms with van der Waals surface area (Å²) >= 11 is 3.40. The summed E-state index contributed by atoms with van der Waals surface area (Å²) in [5.74, 6) is -0.279. The summed E-state index contributed by atoms with van der Waals surface area (Å²) in [6.07, 6.45) is 0.918. The van der Waals surface area contributed by atoms with Crippen molar-refractivity contribution in [2.45, 2.75) is 19.4 Å². The Hall–Kier alpha value is -0.870. The van der Waals surface area contributed by atoms with Gasteiger partial charge < -0.3 is 5.73 Å². The van der Waals surface area contributed by atoms with Gasteiger partial charge in [0.15, 0.2) is 0 Å². The maximum Gasteiger partial charge on any atom is 0.234 e. The molecule has 88 valence electrons. The Kier molecular flexibility index (Phi) is 4.96. The van der Waals surface area contributed by atoms with E-state index in [1.807, 2.05) is 31.0 Å². The van der Waals surface area contributed by atoms with Gasteiger partial charge in [0.1, 0.15) is 0 Å². The van der Waals surface area contributed by atoms with Crippen LogP contribution >= 0.6 is 15.9 Å². The van der Waals surface area contributed by atoms with Gasteiger partial charge >= 0.3 is 0 Å². The van der Waals surface area contributed by atoms with Crippen molar-refractivity contribution >= 4 is 21.8 Å². The van der Waals surface area contributed by atoms with E-state index in [0.717, 1.165) is 17.4 Å². The number of nitrogens with zero attached hydrogens (tertiary/aromatic N) is 1. The Balaban J connectivity index is 2.45. The molecule has 0 aromatic heterocycles. The average molecular weight is 285 g/mol. The van der Waals surface area contributed by atoms with Gasteiger partial charge in [-0.2, -0.15) is 0 Å². The van der Waals surface area contributed by atoms with Crippen molar-refractivity contribution in [2.24, 2.45) is 5.73 Å². The maximum atomic E-state index is 11.0. The first-order valence-electron chi connectivity index (χ1n) is 5.24. The third kappa shape index (κ3) is 3.94. The molecule has 1 rings (SSSR count). The fraction of sp³-hybridized carbons (Fsp3) is 0.417. The molecule has 0 spiro atoms. The van der Waals surface area contributed by atoms with E-state index in [9.17, 15) is 4.79 Å². The second kappa shape index (κ2) is 6.01. The highest BCUT2D eigenvalue weighted by Crippen LogP contribution is 2.11. The lowest BCUT2D eigenvalue weighted by atomic mass is 10.1. The largest absolute Gasteiger partial charge is 0.368 e. The Morgan fingerprint density at radius 3 is 2.50 bits per heavy atom. The SMILES string of the molecule is C[C@H](C(N)=O)N(C)CCc1ccc(Br)cc1. The second-order valence-electron chi connectivity index (χ2n) is 3.94. The normalized spacial score (nSPS) is 12.8. The number of nitrogens with two attached hydrogens (primary N) is 1. The molecule has 0 saturated heterocycles. The number of rotatable bonds is 5. The zero-order valence-corrected chi connectivity index (χ0v) is 11.2. The highest BCUT2D eigenvalue weighted by Gasteiger charge is 2.13. The third-order valence-corrected chi connectivity index (χ3v) is 3.27. The lowest BCUT2D eigenvalue weighted by Crippen LogP contribution is -2.41. The molecule has 16 heavy (non-hydrogen) atoms. The van der Waals surface area contributed by atoms with Gasteiger partial charge in [-0.05, 0) is 38.1 Å². The number of primary amides is 1. The summed E-state index contributed by atoms with van der Waals surface area (Å²) in [6, 6.07) is 7.98. The molecule has 0 aliphatic carbocycles. The lowest BCUT2D eigenvalue weighted by molar-refractivity contribution is -0.122. The average Bonchev–Trinajstić information content (AvgIpc) is 2.26. The number of hydrogen-bond acceptors (Lipinski definition) is 2. The molecule has 1 aromatic carbocycles. The number of carbonyl (C=O) groups is 1. The Labute approximate surface area is 105 Å². The van der Waals surface area contributed by atoms with Crippen molar-refractivity contribution in [1.82, 2.24) is 4.90 Å². The minimum absolute atomic E-state index is 0.213. The molecular formula is C12H17BrN2O. The first kappa shape index (κ1) is 13.2. The van der Waals surface area contributed by atoms with Gasteiger partial charge in [0, 0.05) is 11.0 Å². The first-order valence-corrected chi connectivity index (χ1v) is 6.04. The predicted molar refractivity (Wildman–Crippen MR) is 69.1 cm³/mol. The van der Waals surface area contributed by atoms with E-state index in [1.165, 1.54) is 5.56 Å².